The fraction of sp³-hybridized carbons (Fsp3) is 0.389. The van der Waals surface area contributed by atoms with E-state index < -0.39 is 4.92 Å². The molecule has 2 heterocycles. The highest BCUT2D eigenvalue weighted by molar-refractivity contribution is 7.10. The summed E-state index contributed by atoms with van der Waals surface area (Å²) in [5.74, 6) is -0.244. The van der Waals surface area contributed by atoms with Crippen molar-refractivity contribution in [2.75, 3.05) is 25.0 Å². The fourth-order valence-corrected chi connectivity index (χ4v) is 4.01. The molecule has 1 aliphatic heterocycles. The van der Waals surface area contributed by atoms with Crippen LogP contribution in [0.4, 0.5) is 11.4 Å². The Kier molecular flexibility index (Phi) is 5.03. The summed E-state index contributed by atoms with van der Waals surface area (Å²) < 4.78 is 0. The van der Waals surface area contributed by atoms with E-state index in [1.54, 1.807) is 28.4 Å². The molecule has 0 atom stereocenters. The minimum absolute atomic E-state index is 0.124. The van der Waals surface area contributed by atoms with Crippen LogP contribution in [0.2, 0.25) is 0 Å². The molecule has 0 N–H and O–H groups in total. The molecule has 1 fully saturated rings. The predicted molar refractivity (Wildman–Crippen MR) is 99.4 cm³/mol. The van der Waals surface area contributed by atoms with E-state index in [1.165, 1.54) is 16.5 Å². The summed E-state index contributed by atoms with van der Waals surface area (Å²) in [5.41, 5.74) is 2.09. The lowest BCUT2D eigenvalue weighted by Gasteiger charge is -2.21. The number of likely N-dealkylation sites (tertiary alicyclic amines) is 1. The van der Waals surface area contributed by atoms with E-state index in [0.717, 1.165) is 18.5 Å². The number of nitro groups is 1. The molecule has 3 rings (SSSR count). The number of anilines is 1. The Bertz CT molecular complexity index is 797. The summed E-state index contributed by atoms with van der Waals surface area (Å²) in [7, 11) is 1.93. The number of hydrogen-bond donors (Lipinski definition) is 0. The third-order valence-electron chi connectivity index (χ3n) is 4.59. The Morgan fingerprint density at radius 3 is 2.64 bits per heavy atom. The van der Waals surface area contributed by atoms with E-state index >= 15 is 0 Å². The SMILES string of the molecule is Cc1ccsc1CN(C)c1ccc([N+](=O)[O-])c(C(=O)N2CCCC2)c1. The molecule has 132 valence electrons. The molecule has 2 aromatic rings. The number of hydrogen-bond acceptors (Lipinski definition) is 5. The van der Waals surface area contributed by atoms with E-state index in [9.17, 15) is 14.9 Å². The first-order valence-electron chi connectivity index (χ1n) is 8.29. The van der Waals surface area contributed by atoms with Gasteiger partial charge in [-0.2, -0.15) is 0 Å². The van der Waals surface area contributed by atoms with Crippen molar-refractivity contribution in [3.05, 3.63) is 55.8 Å². The van der Waals surface area contributed by atoms with Gasteiger partial charge < -0.3 is 9.80 Å². The quantitative estimate of drug-likeness (QED) is 0.601. The van der Waals surface area contributed by atoms with Gasteiger partial charge in [-0.1, -0.05) is 0 Å². The average Bonchev–Trinajstić information content (AvgIpc) is 3.26. The van der Waals surface area contributed by atoms with E-state index in [-0.39, 0.29) is 17.2 Å². The lowest BCUT2D eigenvalue weighted by Crippen LogP contribution is -2.28. The second-order valence-electron chi connectivity index (χ2n) is 6.34. The summed E-state index contributed by atoms with van der Waals surface area (Å²) >= 11 is 1.69. The maximum absolute atomic E-state index is 12.7. The maximum Gasteiger partial charge on any atom is 0.282 e. The van der Waals surface area contributed by atoms with Gasteiger partial charge in [-0.15, -0.1) is 11.3 Å². The standard InChI is InChI=1S/C18H21N3O3S/c1-13-7-10-25-17(13)12-19(2)14-5-6-16(21(23)24)15(11-14)18(22)20-8-3-4-9-20/h5-7,10-11H,3-4,8-9,12H2,1-2H3. The second kappa shape index (κ2) is 7.23. The molecule has 0 radical (unpaired) electrons. The van der Waals surface area contributed by atoms with E-state index in [2.05, 4.69) is 18.4 Å². The van der Waals surface area contributed by atoms with Crippen LogP contribution in [0.1, 0.15) is 33.6 Å². The number of carbonyl (C=O) groups is 1. The van der Waals surface area contributed by atoms with Crippen molar-refractivity contribution in [2.24, 2.45) is 0 Å². The maximum atomic E-state index is 12.7. The van der Waals surface area contributed by atoms with E-state index in [0.29, 0.717) is 19.6 Å². The van der Waals surface area contributed by atoms with Gasteiger partial charge in [0, 0.05) is 36.8 Å². The molecule has 0 unspecified atom stereocenters. The fourth-order valence-electron chi connectivity index (χ4n) is 3.06. The number of carbonyl (C=O) groups excluding carboxylic acids is 1. The largest absolute Gasteiger partial charge is 0.369 e. The van der Waals surface area contributed by atoms with Crippen LogP contribution in [0, 0.1) is 17.0 Å². The Labute approximate surface area is 150 Å². The van der Waals surface area contributed by atoms with Crippen molar-refractivity contribution in [1.82, 2.24) is 4.90 Å². The third-order valence-corrected chi connectivity index (χ3v) is 5.60. The zero-order chi connectivity index (χ0) is 18.0. The number of thiophene rings is 1. The molecule has 0 aliphatic carbocycles. The smallest absolute Gasteiger partial charge is 0.282 e. The number of nitro benzene ring substituents is 1. The predicted octanol–water partition coefficient (Wildman–Crippen LogP) is 3.84. The molecule has 1 amide bonds. The Balaban J connectivity index is 1.90. The van der Waals surface area contributed by atoms with Crippen LogP contribution in [0.25, 0.3) is 0 Å². The van der Waals surface area contributed by atoms with Gasteiger partial charge in [-0.25, -0.2) is 0 Å². The highest BCUT2D eigenvalue weighted by Crippen LogP contribution is 2.28. The molecule has 0 saturated carbocycles. The van der Waals surface area contributed by atoms with Crippen molar-refractivity contribution in [1.29, 1.82) is 0 Å². The number of aryl methyl sites for hydroxylation is 1. The van der Waals surface area contributed by atoms with Crippen LogP contribution in [0.3, 0.4) is 0 Å². The Morgan fingerprint density at radius 2 is 2.04 bits per heavy atom. The highest BCUT2D eigenvalue weighted by atomic mass is 32.1. The van der Waals surface area contributed by atoms with Gasteiger partial charge in [-0.05, 0) is 48.9 Å². The molecule has 1 aliphatic rings. The lowest BCUT2D eigenvalue weighted by atomic mass is 10.1. The van der Waals surface area contributed by atoms with Crippen LogP contribution in [-0.2, 0) is 6.54 Å². The third kappa shape index (κ3) is 3.66. The van der Waals surface area contributed by atoms with Crippen LogP contribution < -0.4 is 4.90 Å². The van der Waals surface area contributed by atoms with Crippen LogP contribution >= 0.6 is 11.3 Å². The van der Waals surface area contributed by atoms with E-state index in [1.807, 2.05) is 11.9 Å². The van der Waals surface area contributed by atoms with Crippen LogP contribution in [0.5, 0.6) is 0 Å². The molecule has 0 spiro atoms. The summed E-state index contributed by atoms with van der Waals surface area (Å²) in [4.78, 5) is 28.6. The molecule has 25 heavy (non-hydrogen) atoms. The number of benzene rings is 1. The van der Waals surface area contributed by atoms with Crippen molar-refractivity contribution in [2.45, 2.75) is 26.3 Å². The second-order valence-corrected chi connectivity index (χ2v) is 7.34. The molecule has 1 saturated heterocycles. The summed E-state index contributed by atoms with van der Waals surface area (Å²) in [6.45, 7) is 4.12. The average molecular weight is 359 g/mol. The minimum Gasteiger partial charge on any atom is -0.369 e. The van der Waals surface area contributed by atoms with Gasteiger partial charge in [0.25, 0.3) is 11.6 Å². The molecular weight excluding hydrogens is 338 g/mol. The van der Waals surface area contributed by atoms with E-state index in [4.69, 9.17) is 0 Å². The van der Waals surface area contributed by atoms with Gasteiger partial charge in [0.05, 0.1) is 11.5 Å². The van der Waals surface area contributed by atoms with Crippen LogP contribution in [-0.4, -0.2) is 35.9 Å². The van der Waals surface area contributed by atoms with Gasteiger partial charge in [0.15, 0.2) is 0 Å². The van der Waals surface area contributed by atoms with Gasteiger partial charge in [-0.3, -0.25) is 14.9 Å². The molecule has 1 aromatic carbocycles. The highest BCUT2D eigenvalue weighted by Gasteiger charge is 2.27. The number of rotatable bonds is 5. The molecule has 6 nitrogen and oxygen atoms in total. The summed E-state index contributed by atoms with van der Waals surface area (Å²) in [6.07, 6.45) is 1.91. The number of amides is 1. The minimum atomic E-state index is -0.476. The lowest BCUT2D eigenvalue weighted by molar-refractivity contribution is -0.385. The van der Waals surface area contributed by atoms with Gasteiger partial charge in [0.2, 0.25) is 0 Å². The Hall–Kier alpha value is -2.41. The summed E-state index contributed by atoms with van der Waals surface area (Å²) in [5, 5.41) is 13.4. The van der Waals surface area contributed by atoms with Gasteiger partial charge >= 0.3 is 0 Å². The van der Waals surface area contributed by atoms with Crippen molar-refractivity contribution < 1.29 is 9.72 Å². The molecule has 7 heteroatoms. The van der Waals surface area contributed by atoms with Crippen LogP contribution in [0.15, 0.2) is 29.6 Å². The normalized spacial score (nSPS) is 13.9. The molecular formula is C18H21N3O3S. The molecule has 1 aromatic heterocycles. The summed E-state index contributed by atoms with van der Waals surface area (Å²) in [6, 6.07) is 6.88. The zero-order valence-electron chi connectivity index (χ0n) is 14.4. The molecule has 0 bridgehead atoms. The first-order chi connectivity index (χ1) is 12.0. The topological polar surface area (TPSA) is 66.7 Å². The van der Waals surface area contributed by atoms with Crippen molar-refractivity contribution in [3.63, 3.8) is 0 Å². The van der Waals surface area contributed by atoms with Crippen molar-refractivity contribution >= 4 is 28.6 Å². The van der Waals surface area contributed by atoms with Crippen molar-refractivity contribution in [3.8, 4) is 0 Å². The monoisotopic (exact) mass is 359 g/mol. The Morgan fingerprint density at radius 1 is 1.32 bits per heavy atom. The zero-order valence-corrected chi connectivity index (χ0v) is 15.2. The number of nitrogens with zero attached hydrogens (tertiary/aromatic N) is 3. The first-order valence-corrected chi connectivity index (χ1v) is 9.17. The first kappa shape index (κ1) is 17.4. The van der Waals surface area contributed by atoms with Gasteiger partial charge in [0.1, 0.15) is 5.56 Å².